The summed E-state index contributed by atoms with van der Waals surface area (Å²) >= 11 is 0. The predicted molar refractivity (Wildman–Crippen MR) is 149 cm³/mol. The Hall–Kier alpha value is -1.79. The Morgan fingerprint density at radius 2 is 1.08 bits per heavy atom. The summed E-state index contributed by atoms with van der Waals surface area (Å²) in [6, 6.07) is 4.10. The van der Waals surface area contributed by atoms with Crippen molar-refractivity contribution in [2.24, 2.45) is 5.73 Å². The molecule has 6 nitrogen and oxygen atoms in total. The van der Waals surface area contributed by atoms with Crippen molar-refractivity contribution in [2.75, 3.05) is 6.54 Å². The zero-order valence-corrected chi connectivity index (χ0v) is 22.9. The maximum Gasteiger partial charge on any atom is 0.303 e. The smallest absolute Gasteiger partial charge is 0.303 e. The molecule has 6 N–H and O–H groups in total. The standard InChI is InChI=1S/C22H44O2.C8H11NO3/c1-2-3-4-5-6-7-8-9-10-11-12-13-14-15-16-17-18-19-20-21-22(23)24;9-4-8(12)5-1-2-6(10)7(11)3-5/h2-21H2,1H3,(H,23,24);1-3,8,10-12H,4,9H2. The number of phenolic OH excluding ortho intramolecular Hbond substituents is 2. The Morgan fingerprint density at radius 3 is 1.42 bits per heavy atom. The summed E-state index contributed by atoms with van der Waals surface area (Å²) in [4.78, 5) is 10.4. The molecule has 0 fully saturated rings. The van der Waals surface area contributed by atoms with E-state index in [4.69, 9.17) is 21.1 Å². The van der Waals surface area contributed by atoms with Gasteiger partial charge in [-0.2, -0.15) is 0 Å². The van der Waals surface area contributed by atoms with Crippen LogP contribution in [0.2, 0.25) is 0 Å². The van der Waals surface area contributed by atoms with Crippen LogP contribution in [0.5, 0.6) is 11.5 Å². The number of carboxylic acids is 1. The molecule has 1 unspecified atom stereocenters. The summed E-state index contributed by atoms with van der Waals surface area (Å²) in [6.07, 6.45) is 25.3. The van der Waals surface area contributed by atoms with Gasteiger partial charge in [0, 0.05) is 13.0 Å². The Morgan fingerprint density at radius 1 is 0.694 bits per heavy atom. The lowest BCUT2D eigenvalue weighted by molar-refractivity contribution is -0.137. The number of rotatable bonds is 22. The van der Waals surface area contributed by atoms with E-state index in [1.807, 2.05) is 0 Å². The molecule has 0 aliphatic rings. The number of aliphatic hydroxyl groups excluding tert-OH is 1. The van der Waals surface area contributed by atoms with Crippen LogP contribution in [0.4, 0.5) is 0 Å². The average molecular weight is 510 g/mol. The first-order chi connectivity index (χ1) is 17.4. The average Bonchev–Trinajstić information content (AvgIpc) is 2.86. The highest BCUT2D eigenvalue weighted by atomic mass is 16.4. The van der Waals surface area contributed by atoms with E-state index in [2.05, 4.69) is 6.92 Å². The van der Waals surface area contributed by atoms with Crippen LogP contribution in [0.25, 0.3) is 0 Å². The molecule has 1 rings (SSSR count). The molecule has 0 radical (unpaired) electrons. The first kappa shape index (κ1) is 34.2. The van der Waals surface area contributed by atoms with Crippen molar-refractivity contribution in [3.8, 4) is 11.5 Å². The van der Waals surface area contributed by atoms with Crippen LogP contribution in [0.3, 0.4) is 0 Å². The number of hydrogen-bond donors (Lipinski definition) is 5. The summed E-state index contributed by atoms with van der Waals surface area (Å²) in [7, 11) is 0. The molecule has 0 amide bonds. The van der Waals surface area contributed by atoms with Crippen LogP contribution in [-0.4, -0.2) is 32.9 Å². The maximum atomic E-state index is 10.4. The highest BCUT2D eigenvalue weighted by molar-refractivity contribution is 5.66. The number of carbonyl (C=O) groups is 1. The van der Waals surface area contributed by atoms with E-state index >= 15 is 0 Å². The Balaban J connectivity index is 0.000000846. The second-order valence-electron chi connectivity index (χ2n) is 10.0. The number of aliphatic hydroxyl groups is 1. The van der Waals surface area contributed by atoms with Crippen LogP contribution in [-0.2, 0) is 4.79 Å². The van der Waals surface area contributed by atoms with Crippen molar-refractivity contribution in [2.45, 2.75) is 141 Å². The molecular weight excluding hydrogens is 454 g/mol. The molecule has 0 spiro atoms. The van der Waals surface area contributed by atoms with Crippen molar-refractivity contribution in [3.05, 3.63) is 23.8 Å². The molecule has 0 saturated carbocycles. The molecule has 6 heteroatoms. The number of phenols is 2. The molecular formula is C30H55NO5. The molecule has 1 aromatic rings. The molecule has 0 heterocycles. The molecule has 0 aliphatic carbocycles. The van der Waals surface area contributed by atoms with Crippen LogP contribution in [0.15, 0.2) is 18.2 Å². The number of unbranched alkanes of at least 4 members (excludes halogenated alkanes) is 18. The fourth-order valence-corrected chi connectivity index (χ4v) is 4.24. The highest BCUT2D eigenvalue weighted by Gasteiger charge is 2.07. The molecule has 0 saturated heterocycles. The van der Waals surface area contributed by atoms with Gasteiger partial charge < -0.3 is 26.2 Å². The van der Waals surface area contributed by atoms with E-state index in [9.17, 15) is 9.90 Å². The quantitative estimate of drug-likeness (QED) is 0.0797. The fourth-order valence-electron chi connectivity index (χ4n) is 4.24. The summed E-state index contributed by atoms with van der Waals surface area (Å²) < 4.78 is 0. The number of aromatic hydroxyl groups is 2. The van der Waals surface area contributed by atoms with Gasteiger partial charge in [-0.3, -0.25) is 4.79 Å². The van der Waals surface area contributed by atoms with E-state index in [1.165, 1.54) is 127 Å². The summed E-state index contributed by atoms with van der Waals surface area (Å²) in [5.74, 6) is -1.11. The van der Waals surface area contributed by atoms with Crippen LogP contribution < -0.4 is 5.73 Å². The molecule has 0 bridgehead atoms. The van der Waals surface area contributed by atoms with Crippen molar-refractivity contribution in [1.82, 2.24) is 0 Å². The lowest BCUT2D eigenvalue weighted by Gasteiger charge is -2.08. The Kier molecular flexibility index (Phi) is 23.6. The summed E-state index contributed by atoms with van der Waals surface area (Å²) in [6.45, 7) is 2.37. The second kappa shape index (κ2) is 24.9. The van der Waals surface area contributed by atoms with Crippen molar-refractivity contribution in [3.63, 3.8) is 0 Å². The third kappa shape index (κ3) is 21.5. The van der Waals surface area contributed by atoms with Crippen LogP contribution >= 0.6 is 0 Å². The minimum Gasteiger partial charge on any atom is -0.504 e. The number of nitrogens with two attached hydrogens (primary N) is 1. The number of benzene rings is 1. The molecule has 210 valence electrons. The van der Waals surface area contributed by atoms with Crippen molar-refractivity contribution in [1.29, 1.82) is 0 Å². The van der Waals surface area contributed by atoms with Gasteiger partial charge in [-0.15, -0.1) is 0 Å². The van der Waals surface area contributed by atoms with Crippen molar-refractivity contribution < 1.29 is 25.2 Å². The Bertz CT molecular complexity index is 638. The minimum absolute atomic E-state index is 0.0875. The van der Waals surface area contributed by atoms with E-state index < -0.39 is 12.1 Å². The lowest BCUT2D eigenvalue weighted by atomic mass is 10.0. The van der Waals surface area contributed by atoms with Gasteiger partial charge in [0.05, 0.1) is 6.10 Å². The third-order valence-corrected chi connectivity index (χ3v) is 6.60. The van der Waals surface area contributed by atoms with Gasteiger partial charge in [0.1, 0.15) is 0 Å². The first-order valence-electron chi connectivity index (χ1n) is 14.5. The van der Waals surface area contributed by atoms with Gasteiger partial charge in [-0.05, 0) is 24.1 Å². The van der Waals surface area contributed by atoms with Gasteiger partial charge in [0.25, 0.3) is 0 Å². The van der Waals surface area contributed by atoms with E-state index in [0.717, 1.165) is 12.8 Å². The molecule has 0 aromatic heterocycles. The van der Waals surface area contributed by atoms with Gasteiger partial charge in [-0.1, -0.05) is 129 Å². The zero-order valence-electron chi connectivity index (χ0n) is 22.9. The zero-order chi connectivity index (χ0) is 26.9. The Labute approximate surface area is 220 Å². The first-order valence-corrected chi connectivity index (χ1v) is 14.5. The second-order valence-corrected chi connectivity index (χ2v) is 10.0. The van der Waals surface area contributed by atoms with E-state index in [0.29, 0.717) is 12.0 Å². The number of hydrogen-bond acceptors (Lipinski definition) is 5. The van der Waals surface area contributed by atoms with Crippen molar-refractivity contribution >= 4 is 5.97 Å². The van der Waals surface area contributed by atoms with Gasteiger partial charge in [-0.25, -0.2) is 0 Å². The fraction of sp³-hybridized carbons (Fsp3) is 0.767. The molecule has 1 atom stereocenters. The monoisotopic (exact) mass is 509 g/mol. The lowest BCUT2D eigenvalue weighted by Crippen LogP contribution is -2.11. The minimum atomic E-state index is -0.795. The molecule has 1 aromatic carbocycles. The van der Waals surface area contributed by atoms with Gasteiger partial charge in [0.15, 0.2) is 11.5 Å². The highest BCUT2D eigenvalue weighted by Crippen LogP contribution is 2.27. The summed E-state index contributed by atoms with van der Waals surface area (Å²) in [5, 5.41) is 35.8. The van der Waals surface area contributed by atoms with Gasteiger partial charge >= 0.3 is 5.97 Å². The van der Waals surface area contributed by atoms with Crippen LogP contribution in [0, 0.1) is 0 Å². The topological polar surface area (TPSA) is 124 Å². The summed E-state index contributed by atoms with van der Waals surface area (Å²) in [5.41, 5.74) is 5.69. The third-order valence-electron chi connectivity index (χ3n) is 6.60. The van der Waals surface area contributed by atoms with Crippen LogP contribution in [0.1, 0.15) is 147 Å². The number of aliphatic carboxylic acids is 1. The molecule has 0 aliphatic heterocycles. The largest absolute Gasteiger partial charge is 0.504 e. The SMILES string of the molecule is CCCCCCCCCCCCCCCCCCCCCC(=O)O.NCC(O)c1ccc(O)c(O)c1. The normalized spacial score (nSPS) is 11.6. The van der Waals surface area contributed by atoms with Gasteiger partial charge in [0.2, 0.25) is 0 Å². The van der Waals surface area contributed by atoms with E-state index in [1.54, 1.807) is 0 Å². The number of carboxylic acid groups (broad SMARTS) is 1. The predicted octanol–water partition coefficient (Wildman–Crippen LogP) is 7.98. The maximum absolute atomic E-state index is 10.4. The molecule has 36 heavy (non-hydrogen) atoms. The van der Waals surface area contributed by atoms with E-state index in [-0.39, 0.29) is 18.0 Å².